The van der Waals surface area contributed by atoms with Crippen molar-refractivity contribution < 1.29 is 13.9 Å². The molecule has 0 radical (unpaired) electrons. The van der Waals surface area contributed by atoms with Crippen LogP contribution >= 0.6 is 11.3 Å². The fraction of sp³-hybridized carbons (Fsp3) is 0.333. The first-order valence-electron chi connectivity index (χ1n) is 5.50. The molecule has 1 unspecified atom stereocenters. The van der Waals surface area contributed by atoms with Gasteiger partial charge < -0.3 is 14.5 Å². The van der Waals surface area contributed by atoms with E-state index in [1.165, 1.54) is 7.11 Å². The number of hydrogen-bond donors (Lipinski definition) is 1. The normalized spacial score (nSPS) is 12.3. The van der Waals surface area contributed by atoms with Crippen LogP contribution in [0.1, 0.15) is 34.3 Å². The Morgan fingerprint density at radius 1 is 1.61 bits per heavy atom. The van der Waals surface area contributed by atoms with Gasteiger partial charge >= 0.3 is 5.97 Å². The summed E-state index contributed by atoms with van der Waals surface area (Å²) in [6.07, 6.45) is 1.78. The van der Waals surface area contributed by atoms with Crippen LogP contribution < -0.4 is 5.32 Å². The molecule has 0 saturated carbocycles. The van der Waals surface area contributed by atoms with Gasteiger partial charge in [0.05, 0.1) is 19.7 Å². The second kappa shape index (κ2) is 5.79. The summed E-state index contributed by atoms with van der Waals surface area (Å²) in [5, 5.41) is 6.24. The number of carbonyl (C=O) groups excluding carboxylic acids is 1. The molecule has 5 nitrogen and oxygen atoms in total. The topological polar surface area (TPSA) is 64.4 Å². The highest BCUT2D eigenvalue weighted by molar-refractivity contribution is 7.09. The molecule has 0 bridgehead atoms. The van der Waals surface area contributed by atoms with Crippen molar-refractivity contribution in [2.24, 2.45) is 0 Å². The minimum absolute atomic E-state index is 0.150. The van der Waals surface area contributed by atoms with Crippen LogP contribution in [-0.4, -0.2) is 18.1 Å². The highest BCUT2D eigenvalue weighted by Gasteiger charge is 2.12. The van der Waals surface area contributed by atoms with Gasteiger partial charge in [0.15, 0.2) is 0 Å². The third kappa shape index (κ3) is 2.96. The number of methoxy groups -OCH3 is 1. The average molecular weight is 266 g/mol. The van der Waals surface area contributed by atoms with Gasteiger partial charge in [-0.15, -0.1) is 11.3 Å². The lowest BCUT2D eigenvalue weighted by atomic mass is 10.3. The van der Waals surface area contributed by atoms with Crippen molar-refractivity contribution in [1.82, 2.24) is 10.3 Å². The number of furan rings is 1. The van der Waals surface area contributed by atoms with Gasteiger partial charge in [0.1, 0.15) is 10.8 Å². The molecule has 0 saturated heterocycles. The Hall–Kier alpha value is -1.66. The first-order valence-corrected chi connectivity index (χ1v) is 6.38. The molecule has 2 heterocycles. The van der Waals surface area contributed by atoms with Crippen LogP contribution in [0, 0.1) is 0 Å². The van der Waals surface area contributed by atoms with Gasteiger partial charge in [-0.05, 0) is 19.1 Å². The van der Waals surface area contributed by atoms with E-state index in [0.717, 1.165) is 5.01 Å². The number of carbonyl (C=O) groups is 1. The summed E-state index contributed by atoms with van der Waals surface area (Å²) in [5.41, 5.74) is 0. The summed E-state index contributed by atoms with van der Waals surface area (Å²) < 4.78 is 9.92. The number of nitrogens with zero attached hydrogens (tertiary/aromatic N) is 1. The van der Waals surface area contributed by atoms with E-state index in [1.807, 2.05) is 12.3 Å². The Balaban J connectivity index is 1.90. The maximum atomic E-state index is 11.2. The number of nitrogens with one attached hydrogen (secondary N) is 1. The molecular weight excluding hydrogens is 252 g/mol. The van der Waals surface area contributed by atoms with E-state index in [4.69, 9.17) is 4.42 Å². The summed E-state index contributed by atoms with van der Waals surface area (Å²) in [7, 11) is 1.33. The molecule has 2 aromatic heterocycles. The number of thiazole rings is 1. The van der Waals surface area contributed by atoms with Crippen molar-refractivity contribution in [3.63, 3.8) is 0 Å². The predicted molar refractivity (Wildman–Crippen MR) is 67.4 cm³/mol. The van der Waals surface area contributed by atoms with Crippen molar-refractivity contribution in [3.8, 4) is 0 Å². The molecule has 0 aliphatic heterocycles. The monoisotopic (exact) mass is 266 g/mol. The van der Waals surface area contributed by atoms with Crippen LogP contribution in [0.4, 0.5) is 0 Å². The molecule has 1 N–H and O–H groups in total. The molecule has 96 valence electrons. The molecule has 1 atom stereocenters. The van der Waals surface area contributed by atoms with Gasteiger partial charge in [-0.2, -0.15) is 0 Å². The molecule has 2 rings (SSSR count). The van der Waals surface area contributed by atoms with Crippen LogP contribution in [0.3, 0.4) is 0 Å². The van der Waals surface area contributed by atoms with Crippen molar-refractivity contribution in [2.45, 2.75) is 19.5 Å². The van der Waals surface area contributed by atoms with Crippen molar-refractivity contribution >= 4 is 17.3 Å². The number of aromatic nitrogens is 1. The van der Waals surface area contributed by atoms with Crippen molar-refractivity contribution in [2.75, 3.05) is 7.11 Å². The van der Waals surface area contributed by atoms with Gasteiger partial charge in [-0.1, -0.05) is 0 Å². The second-order valence-electron chi connectivity index (χ2n) is 3.73. The van der Waals surface area contributed by atoms with Crippen LogP contribution in [0.2, 0.25) is 0 Å². The van der Waals surface area contributed by atoms with Crippen LogP contribution in [0.5, 0.6) is 0 Å². The Kier molecular flexibility index (Phi) is 4.11. The number of rotatable bonds is 5. The predicted octanol–water partition coefficient (Wildman–Crippen LogP) is 2.37. The number of esters is 1. The maximum absolute atomic E-state index is 11.2. The zero-order valence-corrected chi connectivity index (χ0v) is 11.0. The SMILES string of the molecule is COC(=O)c1ccc(CNC(C)c2nccs2)o1. The van der Waals surface area contributed by atoms with Gasteiger partial charge in [-0.25, -0.2) is 9.78 Å². The quantitative estimate of drug-likeness (QED) is 0.842. The number of hydrogen-bond acceptors (Lipinski definition) is 6. The smallest absolute Gasteiger partial charge is 0.373 e. The summed E-state index contributed by atoms with van der Waals surface area (Å²) >= 11 is 1.60. The molecule has 0 aliphatic rings. The lowest BCUT2D eigenvalue weighted by molar-refractivity contribution is 0.0563. The Morgan fingerprint density at radius 3 is 3.11 bits per heavy atom. The van der Waals surface area contributed by atoms with Crippen molar-refractivity contribution in [3.05, 3.63) is 40.2 Å². The minimum Gasteiger partial charge on any atom is -0.463 e. The molecule has 18 heavy (non-hydrogen) atoms. The third-order valence-corrected chi connectivity index (χ3v) is 3.41. The molecule has 0 spiro atoms. The van der Waals surface area contributed by atoms with E-state index in [-0.39, 0.29) is 11.8 Å². The number of ether oxygens (including phenoxy) is 1. The molecule has 0 amide bonds. The first-order chi connectivity index (χ1) is 8.70. The largest absolute Gasteiger partial charge is 0.463 e. The van der Waals surface area contributed by atoms with E-state index in [0.29, 0.717) is 12.3 Å². The Bertz CT molecular complexity index is 507. The van der Waals surface area contributed by atoms with E-state index >= 15 is 0 Å². The van der Waals surface area contributed by atoms with E-state index < -0.39 is 5.97 Å². The van der Waals surface area contributed by atoms with Crippen LogP contribution in [0.15, 0.2) is 28.1 Å². The maximum Gasteiger partial charge on any atom is 0.373 e. The summed E-state index contributed by atoms with van der Waals surface area (Å²) in [6, 6.07) is 3.52. The summed E-state index contributed by atoms with van der Waals surface area (Å²) in [4.78, 5) is 15.4. The van der Waals surface area contributed by atoms with E-state index in [2.05, 4.69) is 15.0 Å². The molecule has 0 fully saturated rings. The Morgan fingerprint density at radius 2 is 2.44 bits per heavy atom. The second-order valence-corrected chi connectivity index (χ2v) is 4.66. The molecule has 2 aromatic rings. The highest BCUT2D eigenvalue weighted by atomic mass is 32.1. The van der Waals surface area contributed by atoms with Gasteiger partial charge in [-0.3, -0.25) is 0 Å². The zero-order chi connectivity index (χ0) is 13.0. The highest BCUT2D eigenvalue weighted by Crippen LogP contribution is 2.16. The summed E-state index contributed by atoms with van der Waals surface area (Å²) in [6.45, 7) is 2.57. The zero-order valence-electron chi connectivity index (χ0n) is 10.2. The van der Waals surface area contributed by atoms with E-state index in [9.17, 15) is 4.79 Å². The van der Waals surface area contributed by atoms with Gasteiger partial charge in [0.2, 0.25) is 5.76 Å². The molecular formula is C12H14N2O3S. The van der Waals surface area contributed by atoms with Crippen LogP contribution in [-0.2, 0) is 11.3 Å². The van der Waals surface area contributed by atoms with E-state index in [1.54, 1.807) is 29.7 Å². The Labute approximate surface area is 109 Å². The van der Waals surface area contributed by atoms with Crippen LogP contribution in [0.25, 0.3) is 0 Å². The minimum atomic E-state index is -0.464. The molecule has 6 heteroatoms. The van der Waals surface area contributed by atoms with Gasteiger partial charge in [0.25, 0.3) is 0 Å². The summed E-state index contributed by atoms with van der Waals surface area (Å²) in [5.74, 6) is 0.448. The molecule has 0 aliphatic carbocycles. The fourth-order valence-electron chi connectivity index (χ4n) is 1.47. The van der Waals surface area contributed by atoms with Crippen molar-refractivity contribution in [1.29, 1.82) is 0 Å². The lowest BCUT2D eigenvalue weighted by Crippen LogP contribution is -2.17. The fourth-order valence-corrected chi connectivity index (χ4v) is 2.14. The first kappa shape index (κ1) is 12.8. The lowest BCUT2D eigenvalue weighted by Gasteiger charge is -2.09. The third-order valence-electron chi connectivity index (χ3n) is 2.45. The average Bonchev–Trinajstić information content (AvgIpc) is 3.05. The van der Waals surface area contributed by atoms with Gasteiger partial charge in [0, 0.05) is 11.6 Å². The molecule has 0 aromatic carbocycles. The standard InChI is InChI=1S/C12H14N2O3S/c1-8(11-13-5-6-18-11)14-7-9-3-4-10(17-9)12(15)16-2/h3-6,8,14H,7H2,1-2H3.